The minimum absolute atomic E-state index is 0.0967. The van der Waals surface area contributed by atoms with Crippen LogP contribution in [0.1, 0.15) is 16.7 Å². The zero-order chi connectivity index (χ0) is 18.4. The summed E-state index contributed by atoms with van der Waals surface area (Å²) in [7, 11) is -3.98. The standard InChI is InChI=1S/C21H18FNO2S/c1-16-12-14-19(15-13-16)26(24,25)23-20(22)21(23,17-8-4-2-5-9-17)18-10-6-3-7-11-18/h2-15,20H,1H3. The second-order valence-corrected chi connectivity index (χ2v) is 8.26. The van der Waals surface area contributed by atoms with Gasteiger partial charge in [0.2, 0.25) is 10.0 Å². The lowest BCUT2D eigenvalue weighted by molar-refractivity contribution is 0.408. The smallest absolute Gasteiger partial charge is 0.226 e. The third-order valence-electron chi connectivity index (χ3n) is 4.84. The van der Waals surface area contributed by atoms with E-state index in [0.717, 1.165) is 9.87 Å². The number of alkyl halides is 1. The van der Waals surface area contributed by atoms with Crippen LogP contribution >= 0.6 is 0 Å². The lowest BCUT2D eigenvalue weighted by atomic mass is 9.91. The molecule has 3 aromatic carbocycles. The second-order valence-electron chi connectivity index (χ2n) is 6.45. The monoisotopic (exact) mass is 367 g/mol. The summed E-state index contributed by atoms with van der Waals surface area (Å²) in [5, 5.41) is 0. The molecule has 132 valence electrons. The van der Waals surface area contributed by atoms with Gasteiger partial charge in [-0.15, -0.1) is 4.31 Å². The highest BCUT2D eigenvalue weighted by Gasteiger charge is 2.72. The van der Waals surface area contributed by atoms with E-state index in [1.807, 2.05) is 19.1 Å². The number of nitrogens with zero attached hydrogens (tertiary/aromatic N) is 1. The Bertz CT molecular complexity index is 979. The molecule has 1 saturated heterocycles. The summed E-state index contributed by atoms with van der Waals surface area (Å²) >= 11 is 0. The molecular formula is C21H18FNO2S. The summed E-state index contributed by atoms with van der Waals surface area (Å²) in [4.78, 5) is 0.0967. The van der Waals surface area contributed by atoms with Gasteiger partial charge in [-0.05, 0) is 30.2 Å². The van der Waals surface area contributed by atoms with Crippen LogP contribution in [-0.4, -0.2) is 19.0 Å². The van der Waals surface area contributed by atoms with Gasteiger partial charge in [0.05, 0.1) is 4.90 Å². The third kappa shape index (κ3) is 2.39. The molecule has 0 bridgehead atoms. The zero-order valence-corrected chi connectivity index (χ0v) is 15.0. The summed E-state index contributed by atoms with van der Waals surface area (Å²) in [6, 6.07) is 24.4. The number of hydrogen-bond acceptors (Lipinski definition) is 2. The molecule has 0 amide bonds. The van der Waals surface area contributed by atoms with Crippen molar-refractivity contribution in [3.05, 3.63) is 102 Å². The Balaban J connectivity index is 1.88. The van der Waals surface area contributed by atoms with Crippen LogP contribution in [-0.2, 0) is 15.6 Å². The molecule has 1 heterocycles. The molecule has 26 heavy (non-hydrogen) atoms. The van der Waals surface area contributed by atoms with Crippen LogP contribution in [0.15, 0.2) is 89.8 Å². The summed E-state index contributed by atoms with van der Waals surface area (Å²) in [6.07, 6.45) is -1.65. The lowest BCUT2D eigenvalue weighted by Gasteiger charge is -2.18. The average molecular weight is 367 g/mol. The number of halogens is 1. The van der Waals surface area contributed by atoms with Gasteiger partial charge in [-0.3, -0.25) is 0 Å². The van der Waals surface area contributed by atoms with Gasteiger partial charge < -0.3 is 0 Å². The van der Waals surface area contributed by atoms with Crippen LogP contribution < -0.4 is 0 Å². The number of benzene rings is 3. The average Bonchev–Trinajstić information content (AvgIpc) is 3.31. The van der Waals surface area contributed by atoms with Gasteiger partial charge in [-0.25, -0.2) is 12.8 Å². The summed E-state index contributed by atoms with van der Waals surface area (Å²) in [5.41, 5.74) is 0.861. The molecule has 1 aliphatic heterocycles. The Morgan fingerprint density at radius 1 is 0.808 bits per heavy atom. The Labute approximate surface area is 152 Å². The van der Waals surface area contributed by atoms with E-state index in [9.17, 15) is 8.42 Å². The van der Waals surface area contributed by atoms with Crippen molar-refractivity contribution in [3.63, 3.8) is 0 Å². The molecule has 1 aliphatic rings. The number of rotatable bonds is 4. The van der Waals surface area contributed by atoms with Crippen LogP contribution in [0.4, 0.5) is 4.39 Å². The summed E-state index contributed by atoms with van der Waals surface area (Å²) < 4.78 is 42.6. The van der Waals surface area contributed by atoms with Gasteiger partial charge in [-0.2, -0.15) is 0 Å². The predicted molar refractivity (Wildman–Crippen MR) is 98.8 cm³/mol. The SMILES string of the molecule is Cc1ccc(S(=O)(=O)N2C(F)C2(c2ccccc2)c2ccccc2)cc1. The zero-order valence-electron chi connectivity index (χ0n) is 14.2. The van der Waals surface area contributed by atoms with E-state index in [2.05, 4.69) is 0 Å². The van der Waals surface area contributed by atoms with Crippen LogP contribution in [0.5, 0.6) is 0 Å². The van der Waals surface area contributed by atoms with E-state index in [1.165, 1.54) is 12.1 Å². The van der Waals surface area contributed by atoms with E-state index in [0.29, 0.717) is 11.1 Å². The van der Waals surface area contributed by atoms with Gasteiger partial charge >= 0.3 is 0 Å². The molecule has 5 heteroatoms. The molecule has 4 rings (SSSR count). The summed E-state index contributed by atoms with van der Waals surface area (Å²) in [5.74, 6) is 0. The first-order valence-corrected chi connectivity index (χ1v) is 9.79. The second kappa shape index (κ2) is 6.04. The maximum absolute atomic E-state index is 15.3. The fraction of sp³-hybridized carbons (Fsp3) is 0.143. The van der Waals surface area contributed by atoms with E-state index in [4.69, 9.17) is 0 Å². The fourth-order valence-electron chi connectivity index (χ4n) is 3.45. The Hall–Kier alpha value is -2.50. The third-order valence-corrected chi connectivity index (χ3v) is 6.69. The van der Waals surface area contributed by atoms with Crippen LogP contribution in [0.25, 0.3) is 0 Å². The molecular weight excluding hydrogens is 349 g/mol. The van der Waals surface area contributed by atoms with Gasteiger partial charge in [0.1, 0.15) is 5.54 Å². The highest BCUT2D eigenvalue weighted by Crippen LogP contribution is 2.58. The highest BCUT2D eigenvalue weighted by molar-refractivity contribution is 7.89. The van der Waals surface area contributed by atoms with Gasteiger partial charge in [0, 0.05) is 0 Å². The van der Waals surface area contributed by atoms with Gasteiger partial charge in [0.25, 0.3) is 0 Å². The molecule has 0 saturated carbocycles. The van der Waals surface area contributed by atoms with Crippen LogP contribution in [0.2, 0.25) is 0 Å². The fourth-order valence-corrected chi connectivity index (χ4v) is 5.19. The lowest BCUT2D eigenvalue weighted by Crippen LogP contribution is -2.23. The maximum atomic E-state index is 15.3. The Morgan fingerprint density at radius 2 is 1.27 bits per heavy atom. The Kier molecular flexibility index (Phi) is 3.93. The van der Waals surface area contributed by atoms with Crippen molar-refractivity contribution in [2.24, 2.45) is 0 Å². The molecule has 1 fully saturated rings. The minimum atomic E-state index is -3.98. The molecule has 0 N–H and O–H groups in total. The predicted octanol–water partition coefficient (Wildman–Crippen LogP) is 4.24. The molecule has 0 spiro atoms. The molecule has 2 unspecified atom stereocenters. The molecule has 2 atom stereocenters. The molecule has 3 nitrogen and oxygen atoms in total. The maximum Gasteiger partial charge on any atom is 0.246 e. The van der Waals surface area contributed by atoms with Crippen molar-refractivity contribution in [2.75, 3.05) is 0 Å². The van der Waals surface area contributed by atoms with Crippen molar-refractivity contribution in [1.82, 2.24) is 4.31 Å². The van der Waals surface area contributed by atoms with Crippen molar-refractivity contribution >= 4 is 10.0 Å². The van der Waals surface area contributed by atoms with Crippen LogP contribution in [0, 0.1) is 6.92 Å². The van der Waals surface area contributed by atoms with E-state index in [1.54, 1.807) is 60.7 Å². The molecule has 0 aromatic heterocycles. The first kappa shape index (κ1) is 16.9. The van der Waals surface area contributed by atoms with Crippen molar-refractivity contribution in [2.45, 2.75) is 23.7 Å². The van der Waals surface area contributed by atoms with Crippen LogP contribution in [0.3, 0.4) is 0 Å². The van der Waals surface area contributed by atoms with E-state index < -0.39 is 21.9 Å². The minimum Gasteiger partial charge on any atom is -0.226 e. The highest BCUT2D eigenvalue weighted by atomic mass is 32.2. The summed E-state index contributed by atoms with van der Waals surface area (Å²) in [6.45, 7) is 1.88. The molecule has 0 aliphatic carbocycles. The number of sulfonamides is 1. The number of hydrogen-bond donors (Lipinski definition) is 0. The van der Waals surface area contributed by atoms with Gasteiger partial charge in [-0.1, -0.05) is 78.4 Å². The molecule has 0 radical (unpaired) electrons. The van der Waals surface area contributed by atoms with Gasteiger partial charge in [0.15, 0.2) is 6.30 Å². The largest absolute Gasteiger partial charge is 0.246 e. The quantitative estimate of drug-likeness (QED) is 0.511. The van der Waals surface area contributed by atoms with Crippen molar-refractivity contribution in [3.8, 4) is 0 Å². The molecule has 3 aromatic rings. The van der Waals surface area contributed by atoms with E-state index in [-0.39, 0.29) is 4.90 Å². The topological polar surface area (TPSA) is 37.1 Å². The van der Waals surface area contributed by atoms with Crippen molar-refractivity contribution in [1.29, 1.82) is 0 Å². The number of aryl methyl sites for hydroxylation is 1. The normalized spacial score (nSPS) is 21.3. The first-order chi connectivity index (χ1) is 12.5. The first-order valence-electron chi connectivity index (χ1n) is 8.35. The van der Waals surface area contributed by atoms with Crippen molar-refractivity contribution < 1.29 is 12.8 Å². The van der Waals surface area contributed by atoms with E-state index >= 15 is 4.39 Å². The Morgan fingerprint density at radius 3 is 1.73 bits per heavy atom.